The van der Waals surface area contributed by atoms with Crippen molar-refractivity contribution in [3.63, 3.8) is 0 Å². The summed E-state index contributed by atoms with van der Waals surface area (Å²) in [5.74, 6) is 0. The van der Waals surface area contributed by atoms with Crippen molar-refractivity contribution in [3.05, 3.63) is 0 Å². The molecule has 0 aliphatic carbocycles. The summed E-state index contributed by atoms with van der Waals surface area (Å²) in [6.07, 6.45) is -0.921. The monoisotopic (exact) mass is 159 g/mol. The first-order chi connectivity index (χ1) is 3.18. The fourth-order valence-corrected chi connectivity index (χ4v) is 0.171. The summed E-state index contributed by atoms with van der Waals surface area (Å²) in [7, 11) is 1.48. The smallest absolute Gasteiger partial charge is 0.512 e. The highest BCUT2D eigenvalue weighted by atomic mass is 35.5. The van der Waals surface area contributed by atoms with E-state index in [1.807, 2.05) is 0 Å². The third kappa shape index (κ3) is 4.18. The van der Waals surface area contributed by atoms with E-state index in [-0.39, 0.29) is 23.3 Å². The highest BCUT2D eigenvalue weighted by Gasteiger charge is 2.06. The maximum absolute atomic E-state index is 9.81. The van der Waals surface area contributed by atoms with E-state index in [2.05, 4.69) is 0 Å². The number of quaternary nitrogens is 1. The van der Waals surface area contributed by atoms with E-state index in [1.54, 1.807) is 0 Å². The van der Waals surface area contributed by atoms with Crippen molar-refractivity contribution in [1.82, 2.24) is 0 Å². The molecule has 0 aliphatic rings. The molecule has 5 heteroatoms. The molecule has 8 heavy (non-hydrogen) atoms. The van der Waals surface area contributed by atoms with Gasteiger partial charge in [-0.05, 0) is 0 Å². The van der Waals surface area contributed by atoms with Crippen LogP contribution in [0.25, 0.3) is 0 Å². The van der Waals surface area contributed by atoms with Gasteiger partial charge in [0.15, 0.2) is 6.00 Å². The number of rotatable bonds is 1. The lowest BCUT2D eigenvalue weighted by atomic mass is 10.9. The zero-order valence-corrected chi connectivity index (χ0v) is 5.83. The zero-order valence-electron chi connectivity index (χ0n) is 4.32. The predicted molar refractivity (Wildman–Crippen MR) is 25.6 cm³/mol. The minimum atomic E-state index is -0.921. The molecule has 0 radical (unpaired) electrons. The molecule has 0 spiro atoms. The topological polar surface area (TPSA) is 41.7 Å². The second kappa shape index (κ2) is 5.15. The van der Waals surface area contributed by atoms with Gasteiger partial charge in [-0.15, -0.1) is 0 Å². The van der Waals surface area contributed by atoms with E-state index in [4.69, 9.17) is 16.7 Å². The van der Waals surface area contributed by atoms with E-state index >= 15 is 0 Å². The van der Waals surface area contributed by atoms with Gasteiger partial charge in [-0.3, -0.25) is 0 Å². The number of alkyl halides is 1. The molecular weight excluding hydrogens is 153 g/mol. The van der Waals surface area contributed by atoms with E-state index in [0.29, 0.717) is 0 Å². The van der Waals surface area contributed by atoms with Gasteiger partial charge in [-0.1, -0.05) is 11.6 Å². The van der Waals surface area contributed by atoms with Crippen molar-refractivity contribution in [2.45, 2.75) is 0 Å². The Morgan fingerprint density at radius 2 is 2.25 bits per heavy atom. The van der Waals surface area contributed by atoms with Crippen LogP contribution in [-0.2, 0) is 0 Å². The molecule has 0 aromatic carbocycles. The Labute approximate surface area is 58.6 Å². The third-order valence-corrected chi connectivity index (χ3v) is 0.966. The second-order valence-corrected chi connectivity index (χ2v) is 1.49. The van der Waals surface area contributed by atoms with Crippen LogP contribution in [0, 0.1) is 0 Å². The number of halogens is 2. The van der Waals surface area contributed by atoms with Crippen molar-refractivity contribution in [1.29, 1.82) is 0 Å². The molecule has 0 bridgehead atoms. The van der Waals surface area contributed by atoms with Crippen LogP contribution in [0.1, 0.15) is 0 Å². The summed E-state index contributed by atoms with van der Waals surface area (Å²) < 4.78 is 0. The average molecular weight is 160 g/mol. The molecule has 0 aromatic heterocycles. The first kappa shape index (κ1) is 10.9. The molecule has 0 rings (SSSR count). The van der Waals surface area contributed by atoms with Crippen LogP contribution in [-0.4, -0.2) is 24.3 Å². The molecule has 1 unspecified atom stereocenters. The van der Waals surface area contributed by atoms with Crippen LogP contribution in [0.15, 0.2) is 0 Å². The molecule has 50 valence electrons. The number of nitrogens with one attached hydrogen (secondary N) is 1. The molecule has 3 nitrogen and oxygen atoms in total. The summed E-state index contributed by atoms with van der Waals surface area (Å²) in [5, 5.41) is 8.06. The standard InChI is InChI=1S/C3H6ClNO2.ClH/c1-5(2-4)3(6)7;/h2H2,1H3,(H,6,7);1H. The first-order valence-corrected chi connectivity index (χ1v) is 2.33. The maximum atomic E-state index is 9.81. The van der Waals surface area contributed by atoms with Gasteiger partial charge in [0.1, 0.15) is 0 Å². The van der Waals surface area contributed by atoms with Crippen LogP contribution >= 0.6 is 11.6 Å². The van der Waals surface area contributed by atoms with E-state index in [1.165, 1.54) is 7.05 Å². The SMILES string of the molecule is C[NH+](CCl)C(=O)O.[Cl-]. The van der Waals surface area contributed by atoms with Gasteiger partial charge >= 0.3 is 6.09 Å². The lowest BCUT2D eigenvalue weighted by Gasteiger charge is -1.97. The number of carboxylic acid groups (broad SMARTS) is 1. The Kier molecular flexibility index (Phi) is 7.02. The van der Waals surface area contributed by atoms with Gasteiger partial charge in [0, 0.05) is 0 Å². The second-order valence-electron chi connectivity index (χ2n) is 1.22. The normalized spacial score (nSPS) is 11.8. The summed E-state index contributed by atoms with van der Waals surface area (Å²) in [4.78, 5) is 10.1. The van der Waals surface area contributed by atoms with Crippen molar-refractivity contribution in [2.24, 2.45) is 0 Å². The molecular formula is C3H7Cl2NO2. The Balaban J connectivity index is 0. The maximum Gasteiger partial charge on any atom is 0.512 e. The fourth-order valence-electron chi connectivity index (χ4n) is 0.0572. The molecule has 2 N–H and O–H groups in total. The Hall–Kier alpha value is 0.01000. The van der Waals surface area contributed by atoms with Gasteiger partial charge in [-0.2, -0.15) is 4.79 Å². The van der Waals surface area contributed by atoms with Crippen molar-refractivity contribution in [3.8, 4) is 0 Å². The van der Waals surface area contributed by atoms with Crippen LogP contribution in [0.4, 0.5) is 4.79 Å². The van der Waals surface area contributed by atoms with Gasteiger partial charge in [-0.25, -0.2) is 4.90 Å². The van der Waals surface area contributed by atoms with Crippen LogP contribution in [0.3, 0.4) is 0 Å². The number of hydrogen-bond acceptors (Lipinski definition) is 1. The van der Waals surface area contributed by atoms with Crippen LogP contribution in [0.2, 0.25) is 0 Å². The first-order valence-electron chi connectivity index (χ1n) is 1.80. The van der Waals surface area contributed by atoms with E-state index < -0.39 is 6.09 Å². The number of amides is 1. The summed E-state index contributed by atoms with van der Waals surface area (Å²) in [5.41, 5.74) is 0. The highest BCUT2D eigenvalue weighted by molar-refractivity contribution is 6.17. The number of carbonyl (C=O) groups is 1. The zero-order chi connectivity index (χ0) is 5.86. The van der Waals surface area contributed by atoms with E-state index in [9.17, 15) is 4.79 Å². The predicted octanol–water partition coefficient (Wildman–Crippen LogP) is -3.62. The van der Waals surface area contributed by atoms with Gasteiger partial charge in [0.25, 0.3) is 0 Å². The fraction of sp³-hybridized carbons (Fsp3) is 0.667. The molecule has 0 heterocycles. The largest absolute Gasteiger partial charge is 1.00 e. The summed E-state index contributed by atoms with van der Waals surface area (Å²) in [6, 6.07) is 0.106. The molecule has 1 atom stereocenters. The minimum Gasteiger partial charge on any atom is -1.00 e. The minimum absolute atomic E-state index is 0. The van der Waals surface area contributed by atoms with Crippen molar-refractivity contribution in [2.75, 3.05) is 13.1 Å². The molecule has 0 fully saturated rings. The summed E-state index contributed by atoms with van der Waals surface area (Å²) >= 11 is 5.13. The third-order valence-electron chi connectivity index (χ3n) is 0.566. The molecule has 0 aromatic rings. The lowest BCUT2D eigenvalue weighted by molar-refractivity contribution is -0.787. The average Bonchev–Trinajstić information content (AvgIpc) is 1.65. The number of hydrogen-bond donors (Lipinski definition) is 2. The molecule has 0 saturated carbocycles. The summed E-state index contributed by atoms with van der Waals surface area (Å²) in [6.45, 7) is 0. The Bertz CT molecular complexity index is 77.7. The van der Waals surface area contributed by atoms with Gasteiger partial charge < -0.3 is 17.5 Å². The van der Waals surface area contributed by atoms with Gasteiger partial charge in [0.05, 0.1) is 7.05 Å². The van der Waals surface area contributed by atoms with Crippen LogP contribution < -0.4 is 17.3 Å². The van der Waals surface area contributed by atoms with Crippen molar-refractivity contribution >= 4 is 17.7 Å². The van der Waals surface area contributed by atoms with E-state index in [0.717, 1.165) is 0 Å². The van der Waals surface area contributed by atoms with Crippen molar-refractivity contribution < 1.29 is 27.2 Å². The Morgan fingerprint density at radius 1 is 1.88 bits per heavy atom. The highest BCUT2D eigenvalue weighted by Crippen LogP contribution is 1.55. The van der Waals surface area contributed by atoms with Crippen LogP contribution in [0.5, 0.6) is 0 Å². The quantitative estimate of drug-likeness (QED) is 0.307. The lowest BCUT2D eigenvalue weighted by Crippen LogP contribution is -3.10. The molecule has 0 saturated heterocycles. The molecule has 1 amide bonds. The molecule has 0 aliphatic heterocycles. The van der Waals surface area contributed by atoms with Gasteiger partial charge in [0.2, 0.25) is 0 Å². The Morgan fingerprint density at radius 3 is 2.25 bits per heavy atom.